The molecule has 1 aromatic rings. The molecule has 1 rings (SSSR count). The average molecular weight is 146 g/mol. The Hall–Kier alpha value is 0.752. The zero-order chi connectivity index (χ0) is 5.11. The molecule has 0 fully saturated rings. The minimum atomic E-state index is 0. The molecule has 9 heavy (non-hydrogen) atoms. The molecule has 0 radical (unpaired) electrons. The maximum atomic E-state index is 2.08. The van der Waals surface area contributed by atoms with E-state index in [1.165, 1.54) is 5.56 Å². The summed E-state index contributed by atoms with van der Waals surface area (Å²) in [4.78, 5) is 0. The van der Waals surface area contributed by atoms with Crippen LogP contribution in [0.15, 0.2) is 30.3 Å². The summed E-state index contributed by atoms with van der Waals surface area (Å²) in [5.41, 5.74) is 1.32. The van der Waals surface area contributed by atoms with Gasteiger partial charge in [-0.1, -0.05) is 35.9 Å². The predicted octanol–water partition coefficient (Wildman–Crippen LogP) is 0.163. The van der Waals surface area contributed by atoms with E-state index in [0.717, 1.165) is 0 Å². The normalized spacial score (nSPS) is 6.78. The Kier molecular flexibility index (Phi) is 9.48. The molecule has 0 aliphatic carbocycles. The third-order valence-corrected chi connectivity index (χ3v) is 0.940. The van der Waals surface area contributed by atoms with Gasteiger partial charge in [-0.05, 0) is 6.92 Å². The predicted molar refractivity (Wildman–Crippen MR) is 48.3 cm³/mol. The monoisotopic (exact) mass is 146 g/mol. The molecular weight excluding hydrogens is 134 g/mol. The molecule has 44 valence electrons. The van der Waals surface area contributed by atoms with Crippen molar-refractivity contribution < 1.29 is 0 Å². The van der Waals surface area contributed by atoms with E-state index in [1.54, 1.807) is 0 Å². The van der Waals surface area contributed by atoms with Gasteiger partial charge in [0.05, 0.1) is 0 Å². The van der Waals surface area contributed by atoms with Crippen LogP contribution in [0.2, 0.25) is 0 Å². The van der Waals surface area contributed by atoms with E-state index in [9.17, 15) is 0 Å². The Balaban J connectivity index is 0. The van der Waals surface area contributed by atoms with Gasteiger partial charge in [0, 0.05) is 0 Å². The molecule has 0 aliphatic heterocycles. The van der Waals surface area contributed by atoms with Crippen LogP contribution in [0.4, 0.5) is 0 Å². The van der Waals surface area contributed by atoms with Crippen LogP contribution in [-0.2, 0) is 0 Å². The van der Waals surface area contributed by atoms with Gasteiger partial charge in [-0.15, -0.1) is 0 Å². The summed E-state index contributed by atoms with van der Waals surface area (Å²) in [6.45, 7) is 2.08. The number of aryl methyl sites for hydroxylation is 1. The van der Waals surface area contributed by atoms with Gasteiger partial charge in [0.2, 0.25) is 0 Å². The standard InChI is InChI=1S/C7H8.Al.Na.4H/c1-7-5-3-2-4-6-7;;;;;;/h2-6H,1H3;;;;;;. The molecule has 1 aromatic carbocycles. The Bertz CT molecular complexity index is 139. The third-order valence-electron chi connectivity index (χ3n) is 0.940. The first-order valence-electron chi connectivity index (χ1n) is 2.41. The van der Waals surface area contributed by atoms with Gasteiger partial charge < -0.3 is 0 Å². The molecule has 0 bridgehead atoms. The van der Waals surface area contributed by atoms with Gasteiger partial charge in [-0.2, -0.15) is 0 Å². The van der Waals surface area contributed by atoms with Crippen molar-refractivity contribution in [2.75, 3.05) is 0 Å². The first kappa shape index (κ1) is 12.4. The van der Waals surface area contributed by atoms with Crippen molar-refractivity contribution in [2.45, 2.75) is 6.92 Å². The summed E-state index contributed by atoms with van der Waals surface area (Å²) >= 11 is 0. The fourth-order valence-corrected chi connectivity index (χ4v) is 0.534. The first-order valence-corrected chi connectivity index (χ1v) is 2.41. The van der Waals surface area contributed by atoms with Crippen LogP contribution >= 0.6 is 0 Å². The molecule has 0 aromatic heterocycles. The van der Waals surface area contributed by atoms with E-state index in [0.29, 0.717) is 0 Å². The summed E-state index contributed by atoms with van der Waals surface area (Å²) < 4.78 is 0. The van der Waals surface area contributed by atoms with Crippen LogP contribution < -0.4 is 0 Å². The van der Waals surface area contributed by atoms with E-state index >= 15 is 0 Å². The Morgan fingerprint density at radius 2 is 1.44 bits per heavy atom. The summed E-state index contributed by atoms with van der Waals surface area (Å²) in [5, 5.41) is 0. The fourth-order valence-electron chi connectivity index (χ4n) is 0.534. The molecule has 0 atom stereocenters. The Morgan fingerprint density at radius 1 is 1.00 bits per heavy atom. The number of rotatable bonds is 0. The van der Waals surface area contributed by atoms with Crippen molar-refractivity contribution in [2.24, 2.45) is 0 Å². The molecular formula is C7H12AlNa. The van der Waals surface area contributed by atoms with Gasteiger partial charge in [0.15, 0.2) is 17.4 Å². The molecule has 0 spiro atoms. The fraction of sp³-hybridized carbons (Fsp3) is 0.143. The zero-order valence-electron chi connectivity index (χ0n) is 4.39. The van der Waals surface area contributed by atoms with Crippen LogP contribution in [0.3, 0.4) is 0 Å². The van der Waals surface area contributed by atoms with E-state index in [4.69, 9.17) is 0 Å². The van der Waals surface area contributed by atoms with Crippen molar-refractivity contribution in [3.63, 3.8) is 0 Å². The summed E-state index contributed by atoms with van der Waals surface area (Å²) in [5.74, 6) is 0. The molecule has 0 aliphatic rings. The molecule has 0 heterocycles. The van der Waals surface area contributed by atoms with Crippen LogP contribution in [0.1, 0.15) is 5.56 Å². The van der Waals surface area contributed by atoms with E-state index in [2.05, 4.69) is 19.1 Å². The first-order chi connectivity index (χ1) is 3.39. The third kappa shape index (κ3) is 5.21. The van der Waals surface area contributed by atoms with Crippen LogP contribution in [0, 0.1) is 6.92 Å². The number of hydrogen-bond acceptors (Lipinski definition) is 0. The summed E-state index contributed by atoms with van der Waals surface area (Å²) in [6, 6.07) is 10.3. The summed E-state index contributed by atoms with van der Waals surface area (Å²) in [7, 11) is 0. The molecule has 0 nitrogen and oxygen atoms in total. The zero-order valence-corrected chi connectivity index (χ0v) is 4.39. The van der Waals surface area contributed by atoms with Crippen molar-refractivity contribution in [3.8, 4) is 0 Å². The quantitative estimate of drug-likeness (QED) is 0.457. The molecule has 0 saturated heterocycles. The number of benzene rings is 1. The molecule has 0 saturated carbocycles. The van der Waals surface area contributed by atoms with Gasteiger partial charge in [0.1, 0.15) is 0 Å². The van der Waals surface area contributed by atoms with Crippen LogP contribution in [-0.4, -0.2) is 46.9 Å². The van der Waals surface area contributed by atoms with Crippen LogP contribution in [0.5, 0.6) is 0 Å². The van der Waals surface area contributed by atoms with Gasteiger partial charge in [0.25, 0.3) is 0 Å². The Labute approximate surface area is 89.1 Å². The maximum absolute atomic E-state index is 2.08. The van der Waals surface area contributed by atoms with Gasteiger partial charge >= 0.3 is 29.6 Å². The van der Waals surface area contributed by atoms with Gasteiger partial charge in [-0.3, -0.25) is 0 Å². The second kappa shape index (κ2) is 6.87. The van der Waals surface area contributed by atoms with Crippen molar-refractivity contribution in [1.29, 1.82) is 0 Å². The second-order valence-electron chi connectivity index (χ2n) is 1.65. The SMILES string of the molecule is Cc1ccccc1.[AlH3].[NaH]. The van der Waals surface area contributed by atoms with Crippen molar-refractivity contribution >= 4 is 46.9 Å². The van der Waals surface area contributed by atoms with E-state index < -0.39 is 0 Å². The van der Waals surface area contributed by atoms with E-state index in [1.807, 2.05) is 18.2 Å². The van der Waals surface area contributed by atoms with E-state index in [-0.39, 0.29) is 46.9 Å². The van der Waals surface area contributed by atoms with Crippen molar-refractivity contribution in [3.05, 3.63) is 35.9 Å². The molecule has 0 amide bonds. The minimum absolute atomic E-state index is 0. The number of hydrogen-bond donors (Lipinski definition) is 0. The Morgan fingerprint density at radius 3 is 1.67 bits per heavy atom. The van der Waals surface area contributed by atoms with Crippen LogP contribution in [0.25, 0.3) is 0 Å². The molecule has 2 heteroatoms. The topological polar surface area (TPSA) is 0 Å². The van der Waals surface area contributed by atoms with Gasteiger partial charge in [-0.25, -0.2) is 0 Å². The summed E-state index contributed by atoms with van der Waals surface area (Å²) in [6.07, 6.45) is 0. The average Bonchev–Trinajstić information content (AvgIpc) is 1.69. The van der Waals surface area contributed by atoms with Crippen molar-refractivity contribution in [1.82, 2.24) is 0 Å². The second-order valence-corrected chi connectivity index (χ2v) is 1.65. The molecule has 0 N–H and O–H groups in total. The molecule has 0 unspecified atom stereocenters.